The Morgan fingerprint density at radius 2 is 1.63 bits per heavy atom. The zero-order chi connectivity index (χ0) is 19.1. The number of ether oxygens (including phenoxy) is 1. The fraction of sp³-hybridized carbons (Fsp3) is 0.100. The molecule has 0 aliphatic carbocycles. The first-order chi connectivity index (χ1) is 13.1. The van der Waals surface area contributed by atoms with Crippen LogP contribution in [0.4, 0.5) is 5.69 Å². The number of non-ortho nitro benzene ring substituents is 1. The van der Waals surface area contributed by atoms with Crippen molar-refractivity contribution in [2.75, 3.05) is 6.61 Å². The number of hydrogen-bond donors (Lipinski definition) is 1. The van der Waals surface area contributed by atoms with Crippen LogP contribution in [0, 0.1) is 10.1 Å². The average molecular weight is 363 g/mol. The molecule has 7 nitrogen and oxygen atoms in total. The maximum absolute atomic E-state index is 12.4. The maximum atomic E-state index is 12.4. The molecule has 0 aliphatic heterocycles. The lowest BCUT2D eigenvalue weighted by Gasteiger charge is -2.20. The van der Waals surface area contributed by atoms with Gasteiger partial charge >= 0.3 is 0 Å². The van der Waals surface area contributed by atoms with Gasteiger partial charge in [-0.3, -0.25) is 19.9 Å². The highest BCUT2D eigenvalue weighted by atomic mass is 16.6. The van der Waals surface area contributed by atoms with Crippen molar-refractivity contribution in [2.24, 2.45) is 0 Å². The summed E-state index contributed by atoms with van der Waals surface area (Å²) in [6.07, 6.45) is 3.34. The largest absolute Gasteiger partial charge is 0.484 e. The SMILES string of the molecule is O=C(COc1ccc([N+](=O)[O-])cc1)NC(c1ccccc1)c1ccncc1. The zero-order valence-electron chi connectivity index (χ0n) is 14.3. The monoisotopic (exact) mass is 363 g/mol. The summed E-state index contributed by atoms with van der Waals surface area (Å²) in [7, 11) is 0. The Labute approximate surface area is 155 Å². The predicted molar refractivity (Wildman–Crippen MR) is 99.3 cm³/mol. The van der Waals surface area contributed by atoms with Crippen LogP contribution in [0.2, 0.25) is 0 Å². The molecule has 2 aromatic carbocycles. The molecule has 3 aromatic rings. The number of nitro benzene ring substituents is 1. The van der Waals surface area contributed by atoms with E-state index in [4.69, 9.17) is 4.74 Å². The minimum Gasteiger partial charge on any atom is -0.484 e. The molecule has 0 aliphatic rings. The Bertz CT molecular complexity index is 860. The van der Waals surface area contributed by atoms with Crippen LogP contribution in [-0.4, -0.2) is 22.4 Å². The van der Waals surface area contributed by atoms with Crippen LogP contribution in [0.25, 0.3) is 0 Å². The smallest absolute Gasteiger partial charge is 0.269 e. The van der Waals surface area contributed by atoms with Crippen LogP contribution >= 0.6 is 0 Å². The van der Waals surface area contributed by atoms with Crippen molar-refractivity contribution in [3.8, 4) is 5.75 Å². The molecule has 0 bridgehead atoms. The van der Waals surface area contributed by atoms with E-state index in [0.717, 1.165) is 11.1 Å². The average Bonchev–Trinajstić information content (AvgIpc) is 2.72. The van der Waals surface area contributed by atoms with Crippen molar-refractivity contribution < 1.29 is 14.5 Å². The van der Waals surface area contributed by atoms with E-state index in [9.17, 15) is 14.9 Å². The van der Waals surface area contributed by atoms with Gasteiger partial charge < -0.3 is 10.1 Å². The second kappa shape index (κ2) is 8.57. The van der Waals surface area contributed by atoms with Crippen LogP contribution in [0.1, 0.15) is 17.2 Å². The van der Waals surface area contributed by atoms with E-state index in [2.05, 4.69) is 10.3 Å². The van der Waals surface area contributed by atoms with E-state index in [1.807, 2.05) is 42.5 Å². The third-order valence-electron chi connectivity index (χ3n) is 3.90. The van der Waals surface area contributed by atoms with Gasteiger partial charge in [0.25, 0.3) is 11.6 Å². The number of benzene rings is 2. The van der Waals surface area contributed by atoms with Gasteiger partial charge in [-0.15, -0.1) is 0 Å². The van der Waals surface area contributed by atoms with Gasteiger partial charge in [0.2, 0.25) is 0 Å². The van der Waals surface area contributed by atoms with Gasteiger partial charge in [0.15, 0.2) is 6.61 Å². The highest BCUT2D eigenvalue weighted by Crippen LogP contribution is 2.21. The van der Waals surface area contributed by atoms with E-state index in [0.29, 0.717) is 5.75 Å². The number of amides is 1. The molecular formula is C20H17N3O4. The Morgan fingerprint density at radius 1 is 1.00 bits per heavy atom. The lowest BCUT2D eigenvalue weighted by molar-refractivity contribution is -0.384. The predicted octanol–water partition coefficient (Wildman–Crippen LogP) is 3.27. The van der Waals surface area contributed by atoms with Crippen LogP contribution in [0.3, 0.4) is 0 Å². The van der Waals surface area contributed by atoms with E-state index in [1.54, 1.807) is 12.4 Å². The number of aromatic nitrogens is 1. The standard InChI is InChI=1S/C20H17N3O4/c24-19(14-27-18-8-6-17(7-9-18)23(25)26)22-20(15-4-2-1-3-5-15)16-10-12-21-13-11-16/h1-13,20H,14H2,(H,22,24). The molecule has 0 fully saturated rings. The quantitative estimate of drug-likeness (QED) is 0.513. The molecule has 1 heterocycles. The third kappa shape index (κ3) is 4.88. The Kier molecular flexibility index (Phi) is 5.73. The number of nitrogens with one attached hydrogen (secondary N) is 1. The lowest BCUT2D eigenvalue weighted by Crippen LogP contribution is -2.33. The minimum absolute atomic E-state index is 0.0337. The molecule has 0 saturated heterocycles. The summed E-state index contributed by atoms with van der Waals surface area (Å²) in [6.45, 7) is -0.202. The molecule has 3 rings (SSSR count). The van der Waals surface area contributed by atoms with E-state index in [1.165, 1.54) is 24.3 Å². The summed E-state index contributed by atoms with van der Waals surface area (Å²) in [6, 6.07) is 18.5. The Morgan fingerprint density at radius 3 is 2.26 bits per heavy atom. The van der Waals surface area contributed by atoms with Crippen LogP contribution in [0.15, 0.2) is 79.1 Å². The van der Waals surface area contributed by atoms with Crippen molar-refractivity contribution in [1.29, 1.82) is 0 Å². The summed E-state index contributed by atoms with van der Waals surface area (Å²) in [5, 5.41) is 13.6. The van der Waals surface area contributed by atoms with Crippen molar-refractivity contribution in [3.63, 3.8) is 0 Å². The molecule has 27 heavy (non-hydrogen) atoms. The normalized spacial score (nSPS) is 11.4. The molecule has 0 saturated carbocycles. The summed E-state index contributed by atoms with van der Waals surface area (Å²) in [5.41, 5.74) is 1.81. The first kappa shape index (κ1) is 18.1. The molecule has 1 unspecified atom stereocenters. The molecule has 0 spiro atoms. The number of carbonyl (C=O) groups excluding carboxylic acids is 1. The Balaban J connectivity index is 1.67. The minimum atomic E-state index is -0.490. The highest BCUT2D eigenvalue weighted by Gasteiger charge is 2.17. The fourth-order valence-electron chi connectivity index (χ4n) is 2.58. The van der Waals surface area contributed by atoms with Crippen LogP contribution in [-0.2, 0) is 4.79 Å². The van der Waals surface area contributed by atoms with Crippen molar-refractivity contribution in [3.05, 3.63) is 100 Å². The van der Waals surface area contributed by atoms with Crippen molar-refractivity contribution >= 4 is 11.6 Å². The first-order valence-corrected chi connectivity index (χ1v) is 8.25. The number of hydrogen-bond acceptors (Lipinski definition) is 5. The number of carbonyl (C=O) groups is 1. The lowest BCUT2D eigenvalue weighted by atomic mass is 10.00. The second-order valence-electron chi connectivity index (χ2n) is 5.73. The van der Waals surface area contributed by atoms with Gasteiger partial charge in [0, 0.05) is 24.5 Å². The first-order valence-electron chi connectivity index (χ1n) is 8.25. The summed E-state index contributed by atoms with van der Waals surface area (Å²) in [5.74, 6) is 0.0786. The van der Waals surface area contributed by atoms with Crippen LogP contribution in [0.5, 0.6) is 5.75 Å². The number of pyridine rings is 1. The van der Waals surface area contributed by atoms with E-state index < -0.39 is 4.92 Å². The summed E-state index contributed by atoms with van der Waals surface area (Å²) >= 11 is 0. The molecule has 7 heteroatoms. The molecule has 1 aromatic heterocycles. The highest BCUT2D eigenvalue weighted by molar-refractivity contribution is 5.78. The number of rotatable bonds is 7. The van der Waals surface area contributed by atoms with E-state index in [-0.39, 0.29) is 24.2 Å². The van der Waals surface area contributed by atoms with Gasteiger partial charge in [-0.25, -0.2) is 0 Å². The molecule has 1 atom stereocenters. The molecular weight excluding hydrogens is 346 g/mol. The molecule has 1 N–H and O–H groups in total. The Hall–Kier alpha value is -3.74. The maximum Gasteiger partial charge on any atom is 0.269 e. The van der Waals surface area contributed by atoms with E-state index >= 15 is 0 Å². The van der Waals surface area contributed by atoms with Gasteiger partial charge in [-0.2, -0.15) is 0 Å². The number of nitro groups is 1. The molecule has 1 amide bonds. The summed E-state index contributed by atoms with van der Waals surface area (Å²) in [4.78, 5) is 26.6. The second-order valence-corrected chi connectivity index (χ2v) is 5.73. The zero-order valence-corrected chi connectivity index (χ0v) is 14.3. The summed E-state index contributed by atoms with van der Waals surface area (Å²) < 4.78 is 5.43. The fourth-order valence-corrected chi connectivity index (χ4v) is 2.58. The van der Waals surface area contributed by atoms with Crippen LogP contribution < -0.4 is 10.1 Å². The van der Waals surface area contributed by atoms with Crippen molar-refractivity contribution in [2.45, 2.75) is 6.04 Å². The topological polar surface area (TPSA) is 94.4 Å². The molecule has 0 radical (unpaired) electrons. The molecule has 136 valence electrons. The van der Waals surface area contributed by atoms with Gasteiger partial charge in [0.05, 0.1) is 11.0 Å². The van der Waals surface area contributed by atoms with Gasteiger partial charge in [-0.05, 0) is 35.4 Å². The van der Waals surface area contributed by atoms with Gasteiger partial charge in [-0.1, -0.05) is 30.3 Å². The van der Waals surface area contributed by atoms with Gasteiger partial charge in [0.1, 0.15) is 5.75 Å². The van der Waals surface area contributed by atoms with Crippen molar-refractivity contribution in [1.82, 2.24) is 10.3 Å². The number of nitrogens with zero attached hydrogens (tertiary/aromatic N) is 2. The third-order valence-corrected chi connectivity index (χ3v) is 3.90.